The van der Waals surface area contributed by atoms with E-state index in [2.05, 4.69) is 15.3 Å². The van der Waals surface area contributed by atoms with Gasteiger partial charge in [0, 0.05) is 6.54 Å². The van der Waals surface area contributed by atoms with E-state index in [9.17, 15) is 4.79 Å². The lowest BCUT2D eigenvalue weighted by Crippen LogP contribution is -2.14. The van der Waals surface area contributed by atoms with Crippen molar-refractivity contribution in [1.29, 1.82) is 0 Å². The van der Waals surface area contributed by atoms with Gasteiger partial charge < -0.3 is 15.0 Å². The van der Waals surface area contributed by atoms with Crippen LogP contribution in [0, 0.1) is 3.57 Å². The molecule has 1 aromatic heterocycles. The number of aromatic nitrogens is 2. The van der Waals surface area contributed by atoms with Crippen LogP contribution in [0.5, 0.6) is 5.75 Å². The van der Waals surface area contributed by atoms with E-state index in [1.807, 2.05) is 46.9 Å². The van der Waals surface area contributed by atoms with Crippen LogP contribution in [0.2, 0.25) is 0 Å². The standard InChI is InChI=1S/C12H12IN3O2/c1-18-9-4-2-8(3-5-9)6-14-11-10(13)12(17)16-7-15-11/h2-5,7H,6H2,1H3,(H2,14,15,16,17). The third kappa shape index (κ3) is 3.00. The van der Waals surface area contributed by atoms with Crippen LogP contribution < -0.4 is 15.6 Å². The molecule has 0 spiro atoms. The summed E-state index contributed by atoms with van der Waals surface area (Å²) in [7, 11) is 1.63. The fourth-order valence-electron chi connectivity index (χ4n) is 1.44. The predicted molar refractivity (Wildman–Crippen MR) is 77.9 cm³/mol. The Hall–Kier alpha value is -1.57. The number of halogens is 1. The van der Waals surface area contributed by atoms with Gasteiger partial charge in [-0.15, -0.1) is 0 Å². The largest absolute Gasteiger partial charge is 0.497 e. The molecule has 1 heterocycles. The molecule has 18 heavy (non-hydrogen) atoms. The molecule has 0 aliphatic carbocycles. The first-order chi connectivity index (χ1) is 8.70. The van der Waals surface area contributed by atoms with Crippen LogP contribution in [-0.4, -0.2) is 17.1 Å². The maximum atomic E-state index is 11.4. The van der Waals surface area contributed by atoms with E-state index in [1.165, 1.54) is 6.33 Å². The monoisotopic (exact) mass is 357 g/mol. The Morgan fingerprint density at radius 3 is 2.78 bits per heavy atom. The van der Waals surface area contributed by atoms with Crippen LogP contribution in [-0.2, 0) is 6.54 Å². The van der Waals surface area contributed by atoms with Gasteiger partial charge >= 0.3 is 0 Å². The Morgan fingerprint density at radius 2 is 2.11 bits per heavy atom. The van der Waals surface area contributed by atoms with Gasteiger partial charge in [0.1, 0.15) is 15.1 Å². The molecule has 94 valence electrons. The quantitative estimate of drug-likeness (QED) is 0.822. The smallest absolute Gasteiger partial charge is 0.266 e. The van der Waals surface area contributed by atoms with Crippen LogP contribution in [0.4, 0.5) is 5.82 Å². The Labute approximate surface area is 118 Å². The summed E-state index contributed by atoms with van der Waals surface area (Å²) in [6.07, 6.45) is 1.39. The number of aromatic amines is 1. The Balaban J connectivity index is 2.06. The second kappa shape index (κ2) is 5.85. The molecule has 0 unspecified atom stereocenters. The van der Waals surface area contributed by atoms with E-state index in [0.717, 1.165) is 11.3 Å². The van der Waals surface area contributed by atoms with Crippen LogP contribution >= 0.6 is 22.6 Å². The third-order valence-electron chi connectivity index (χ3n) is 2.42. The topological polar surface area (TPSA) is 67.0 Å². The van der Waals surface area contributed by atoms with Crippen molar-refractivity contribution in [2.75, 3.05) is 12.4 Å². The molecule has 6 heteroatoms. The number of nitrogens with zero attached hydrogens (tertiary/aromatic N) is 1. The summed E-state index contributed by atoms with van der Waals surface area (Å²) in [5.41, 5.74) is 0.955. The van der Waals surface area contributed by atoms with Crippen molar-refractivity contribution in [3.05, 3.63) is 50.1 Å². The highest BCUT2D eigenvalue weighted by Gasteiger charge is 2.04. The van der Waals surface area contributed by atoms with Crippen molar-refractivity contribution >= 4 is 28.4 Å². The first kappa shape index (κ1) is 12.9. The van der Waals surface area contributed by atoms with Crippen molar-refractivity contribution in [3.8, 4) is 5.75 Å². The molecule has 2 N–H and O–H groups in total. The van der Waals surface area contributed by atoms with Crippen molar-refractivity contribution in [1.82, 2.24) is 9.97 Å². The average molecular weight is 357 g/mol. The molecule has 0 bridgehead atoms. The number of hydrogen-bond donors (Lipinski definition) is 2. The van der Waals surface area contributed by atoms with Gasteiger partial charge in [-0.25, -0.2) is 4.98 Å². The Morgan fingerprint density at radius 1 is 1.39 bits per heavy atom. The number of hydrogen-bond acceptors (Lipinski definition) is 4. The Bertz CT molecular complexity index is 581. The van der Waals surface area contributed by atoms with Crippen LogP contribution in [0.3, 0.4) is 0 Å². The maximum Gasteiger partial charge on any atom is 0.266 e. The molecule has 0 aliphatic heterocycles. The number of anilines is 1. The Kier molecular flexibility index (Phi) is 4.19. The van der Waals surface area contributed by atoms with Crippen LogP contribution in [0.1, 0.15) is 5.56 Å². The van der Waals surface area contributed by atoms with Gasteiger partial charge in [-0.05, 0) is 40.3 Å². The van der Waals surface area contributed by atoms with E-state index in [-0.39, 0.29) is 5.56 Å². The second-order valence-electron chi connectivity index (χ2n) is 3.60. The summed E-state index contributed by atoms with van der Waals surface area (Å²) in [4.78, 5) is 18.0. The van der Waals surface area contributed by atoms with Gasteiger partial charge in [-0.2, -0.15) is 0 Å². The van der Waals surface area contributed by atoms with Gasteiger partial charge in [0.05, 0.1) is 13.4 Å². The van der Waals surface area contributed by atoms with Gasteiger partial charge in [-0.3, -0.25) is 4.79 Å². The molecule has 2 rings (SSSR count). The normalized spacial score (nSPS) is 10.1. The average Bonchev–Trinajstić information content (AvgIpc) is 2.41. The van der Waals surface area contributed by atoms with Gasteiger partial charge in [0.15, 0.2) is 0 Å². The summed E-state index contributed by atoms with van der Waals surface area (Å²) in [5, 5.41) is 3.13. The third-order valence-corrected chi connectivity index (χ3v) is 3.42. The first-order valence-corrected chi connectivity index (χ1v) is 6.38. The fourth-order valence-corrected chi connectivity index (χ4v) is 1.92. The van der Waals surface area contributed by atoms with E-state index < -0.39 is 0 Å². The van der Waals surface area contributed by atoms with Crippen molar-refractivity contribution < 1.29 is 4.74 Å². The second-order valence-corrected chi connectivity index (χ2v) is 4.67. The van der Waals surface area contributed by atoms with Crippen LogP contribution in [0.25, 0.3) is 0 Å². The molecule has 1 aromatic carbocycles. The van der Waals surface area contributed by atoms with E-state index in [1.54, 1.807) is 7.11 Å². The minimum absolute atomic E-state index is 0.136. The first-order valence-electron chi connectivity index (χ1n) is 5.30. The van der Waals surface area contributed by atoms with Crippen molar-refractivity contribution in [2.45, 2.75) is 6.54 Å². The summed E-state index contributed by atoms with van der Waals surface area (Å²) < 4.78 is 5.65. The summed E-state index contributed by atoms with van der Waals surface area (Å²) >= 11 is 1.97. The SMILES string of the molecule is COc1ccc(CNc2nc[nH]c(=O)c2I)cc1. The zero-order valence-corrected chi connectivity index (χ0v) is 11.9. The molecule has 0 atom stereocenters. The number of methoxy groups -OCH3 is 1. The minimum atomic E-state index is -0.136. The van der Waals surface area contributed by atoms with Crippen molar-refractivity contribution in [2.24, 2.45) is 0 Å². The molecule has 2 aromatic rings. The summed E-state index contributed by atoms with van der Waals surface area (Å²) in [6.45, 7) is 0.608. The zero-order chi connectivity index (χ0) is 13.0. The molecule has 0 saturated heterocycles. The molecule has 5 nitrogen and oxygen atoms in total. The predicted octanol–water partition coefficient (Wildman–Crippen LogP) is 2.00. The van der Waals surface area contributed by atoms with E-state index in [0.29, 0.717) is 15.9 Å². The van der Waals surface area contributed by atoms with E-state index >= 15 is 0 Å². The van der Waals surface area contributed by atoms with Crippen LogP contribution in [0.15, 0.2) is 35.4 Å². The lowest BCUT2D eigenvalue weighted by molar-refractivity contribution is 0.414. The highest BCUT2D eigenvalue weighted by molar-refractivity contribution is 14.1. The number of nitrogens with one attached hydrogen (secondary N) is 2. The molecule has 0 fully saturated rings. The molecular weight excluding hydrogens is 345 g/mol. The zero-order valence-electron chi connectivity index (χ0n) is 9.74. The molecule has 0 amide bonds. The molecule has 0 radical (unpaired) electrons. The lowest BCUT2D eigenvalue weighted by atomic mass is 10.2. The highest BCUT2D eigenvalue weighted by Crippen LogP contribution is 2.14. The van der Waals surface area contributed by atoms with Crippen molar-refractivity contribution in [3.63, 3.8) is 0 Å². The number of H-pyrrole nitrogens is 1. The summed E-state index contributed by atoms with van der Waals surface area (Å²) in [5.74, 6) is 1.41. The molecular formula is C12H12IN3O2. The molecule has 0 aliphatic rings. The number of ether oxygens (including phenoxy) is 1. The fraction of sp³-hybridized carbons (Fsp3) is 0.167. The number of rotatable bonds is 4. The minimum Gasteiger partial charge on any atom is -0.497 e. The van der Waals surface area contributed by atoms with Gasteiger partial charge in [0.25, 0.3) is 5.56 Å². The van der Waals surface area contributed by atoms with E-state index in [4.69, 9.17) is 4.74 Å². The highest BCUT2D eigenvalue weighted by atomic mass is 127. The number of benzene rings is 1. The maximum absolute atomic E-state index is 11.4. The summed E-state index contributed by atoms with van der Waals surface area (Å²) in [6, 6.07) is 7.72. The lowest BCUT2D eigenvalue weighted by Gasteiger charge is -2.07. The van der Waals surface area contributed by atoms with Gasteiger partial charge in [0.2, 0.25) is 0 Å². The molecule has 0 saturated carbocycles. The van der Waals surface area contributed by atoms with Gasteiger partial charge in [-0.1, -0.05) is 12.1 Å².